The van der Waals surface area contributed by atoms with Crippen LogP contribution in [0.25, 0.3) is 0 Å². The van der Waals surface area contributed by atoms with Crippen molar-refractivity contribution in [2.45, 2.75) is 6.18 Å². The van der Waals surface area contributed by atoms with Gasteiger partial charge in [0.2, 0.25) is 0 Å². The van der Waals surface area contributed by atoms with Gasteiger partial charge in [-0.25, -0.2) is 0 Å². The summed E-state index contributed by atoms with van der Waals surface area (Å²) in [6.45, 7) is 0. The van der Waals surface area contributed by atoms with E-state index in [1.54, 1.807) is 18.2 Å². The molecule has 0 unspecified atom stereocenters. The van der Waals surface area contributed by atoms with E-state index in [0.717, 1.165) is 22.3 Å². The van der Waals surface area contributed by atoms with Gasteiger partial charge in [-0.2, -0.15) is 13.2 Å². The van der Waals surface area contributed by atoms with Gasteiger partial charge in [0, 0.05) is 15.8 Å². The summed E-state index contributed by atoms with van der Waals surface area (Å²) in [6.07, 6.45) is -4.32. The molecule has 0 spiro atoms. The van der Waals surface area contributed by atoms with Crippen molar-refractivity contribution in [1.82, 2.24) is 0 Å². The van der Waals surface area contributed by atoms with Gasteiger partial charge in [0.15, 0.2) is 0 Å². The predicted molar refractivity (Wildman–Crippen MR) is 73.3 cm³/mol. The summed E-state index contributed by atoms with van der Waals surface area (Å²) < 4.78 is 38.0. The highest BCUT2D eigenvalue weighted by atomic mass is 79.9. The number of halogens is 4. The van der Waals surface area contributed by atoms with E-state index in [9.17, 15) is 13.2 Å². The van der Waals surface area contributed by atoms with Crippen LogP contribution in [0.4, 0.5) is 30.2 Å². The maximum Gasteiger partial charge on any atom is 0.416 e. The molecule has 3 N–H and O–H groups in total. The van der Waals surface area contributed by atoms with E-state index >= 15 is 0 Å². The summed E-state index contributed by atoms with van der Waals surface area (Å²) in [7, 11) is 0. The molecule has 0 amide bonds. The summed E-state index contributed by atoms with van der Waals surface area (Å²) in [5.41, 5.74) is 6.83. The Kier molecular flexibility index (Phi) is 3.71. The third-order valence-corrected chi connectivity index (χ3v) is 3.14. The summed E-state index contributed by atoms with van der Waals surface area (Å²) in [6, 6.07) is 10.00. The molecule has 0 saturated carbocycles. The van der Waals surface area contributed by atoms with Crippen LogP contribution in [0, 0.1) is 0 Å². The highest BCUT2D eigenvalue weighted by molar-refractivity contribution is 9.10. The summed E-state index contributed by atoms with van der Waals surface area (Å²) in [5.74, 6) is 0. The van der Waals surface area contributed by atoms with Crippen LogP contribution < -0.4 is 11.1 Å². The van der Waals surface area contributed by atoms with Crippen LogP contribution in [-0.4, -0.2) is 0 Å². The van der Waals surface area contributed by atoms with Crippen LogP contribution in [0.15, 0.2) is 46.9 Å². The van der Waals surface area contributed by atoms with Crippen LogP contribution in [0.3, 0.4) is 0 Å². The lowest BCUT2D eigenvalue weighted by Gasteiger charge is -2.11. The van der Waals surface area contributed by atoms with Crippen LogP contribution >= 0.6 is 15.9 Å². The lowest BCUT2D eigenvalue weighted by Crippen LogP contribution is -2.04. The highest BCUT2D eigenvalue weighted by Crippen LogP contribution is 2.31. The summed E-state index contributed by atoms with van der Waals surface area (Å²) in [5, 5.41) is 3.01. The van der Waals surface area contributed by atoms with E-state index in [-0.39, 0.29) is 0 Å². The van der Waals surface area contributed by atoms with Crippen LogP contribution in [0.5, 0.6) is 0 Å². The minimum Gasteiger partial charge on any atom is -0.399 e. The molecule has 2 rings (SSSR count). The van der Waals surface area contributed by atoms with Gasteiger partial charge in [-0.3, -0.25) is 0 Å². The largest absolute Gasteiger partial charge is 0.416 e. The molecule has 2 aromatic rings. The van der Waals surface area contributed by atoms with Gasteiger partial charge in [0.05, 0.1) is 11.3 Å². The lowest BCUT2D eigenvalue weighted by molar-refractivity contribution is -0.137. The first-order chi connectivity index (χ1) is 8.86. The molecule has 0 heterocycles. The van der Waals surface area contributed by atoms with Crippen molar-refractivity contribution >= 4 is 33.0 Å². The fourth-order valence-corrected chi connectivity index (χ4v) is 2.03. The fraction of sp³-hybridized carbons (Fsp3) is 0.0769. The molecule has 0 aromatic heterocycles. The summed E-state index contributed by atoms with van der Waals surface area (Å²) in [4.78, 5) is 0. The van der Waals surface area contributed by atoms with E-state index in [1.165, 1.54) is 12.1 Å². The van der Waals surface area contributed by atoms with Crippen LogP contribution in [0.1, 0.15) is 5.56 Å². The Balaban J connectivity index is 2.20. The fourth-order valence-electron chi connectivity index (χ4n) is 1.53. The zero-order valence-corrected chi connectivity index (χ0v) is 11.2. The Hall–Kier alpha value is -1.69. The van der Waals surface area contributed by atoms with Crippen molar-refractivity contribution < 1.29 is 13.2 Å². The zero-order chi connectivity index (χ0) is 14.0. The molecule has 0 radical (unpaired) electrons. The van der Waals surface area contributed by atoms with Gasteiger partial charge in [-0.05, 0) is 58.4 Å². The molecule has 100 valence electrons. The van der Waals surface area contributed by atoms with Gasteiger partial charge in [0.1, 0.15) is 0 Å². The first kappa shape index (κ1) is 13.7. The topological polar surface area (TPSA) is 38.0 Å². The Morgan fingerprint density at radius 2 is 1.63 bits per heavy atom. The minimum absolute atomic E-state index is 0.568. The van der Waals surface area contributed by atoms with Crippen molar-refractivity contribution in [3.05, 3.63) is 52.5 Å². The number of hydrogen-bond donors (Lipinski definition) is 2. The first-order valence-electron chi connectivity index (χ1n) is 5.35. The Labute approximate surface area is 116 Å². The molecule has 0 saturated heterocycles. The second-order valence-corrected chi connectivity index (χ2v) is 4.79. The number of alkyl halides is 3. The third kappa shape index (κ3) is 3.41. The Morgan fingerprint density at radius 1 is 1.00 bits per heavy atom. The van der Waals surface area contributed by atoms with Crippen molar-refractivity contribution in [1.29, 1.82) is 0 Å². The van der Waals surface area contributed by atoms with E-state index in [4.69, 9.17) is 5.73 Å². The highest BCUT2D eigenvalue weighted by Gasteiger charge is 2.29. The zero-order valence-electron chi connectivity index (χ0n) is 9.63. The van der Waals surface area contributed by atoms with Crippen molar-refractivity contribution in [3.8, 4) is 0 Å². The Bertz CT molecular complexity index is 579. The van der Waals surface area contributed by atoms with Gasteiger partial charge in [-0.15, -0.1) is 0 Å². The minimum atomic E-state index is -4.32. The maximum absolute atomic E-state index is 12.4. The summed E-state index contributed by atoms with van der Waals surface area (Å²) >= 11 is 3.33. The van der Waals surface area contributed by atoms with Crippen molar-refractivity contribution in [2.24, 2.45) is 0 Å². The maximum atomic E-state index is 12.4. The number of nitrogen functional groups attached to an aromatic ring is 1. The Morgan fingerprint density at radius 3 is 2.16 bits per heavy atom. The van der Waals surface area contributed by atoms with Gasteiger partial charge < -0.3 is 11.1 Å². The SMILES string of the molecule is Nc1ccc(Nc2ccc(C(F)(F)F)cc2)c(Br)c1. The van der Waals surface area contributed by atoms with Crippen molar-refractivity contribution in [3.63, 3.8) is 0 Å². The number of rotatable bonds is 2. The average molecular weight is 331 g/mol. The molecular weight excluding hydrogens is 321 g/mol. The normalized spacial score (nSPS) is 11.4. The lowest BCUT2D eigenvalue weighted by atomic mass is 10.2. The van der Waals surface area contributed by atoms with Gasteiger partial charge >= 0.3 is 6.18 Å². The number of hydrogen-bond acceptors (Lipinski definition) is 2. The molecular formula is C13H10BrF3N2. The second-order valence-electron chi connectivity index (χ2n) is 3.94. The van der Waals surface area contributed by atoms with Crippen molar-refractivity contribution in [2.75, 3.05) is 11.1 Å². The molecule has 0 aliphatic rings. The van der Waals surface area contributed by atoms with E-state index in [0.29, 0.717) is 11.4 Å². The standard InChI is InChI=1S/C13H10BrF3N2/c14-11-7-9(18)3-6-12(11)19-10-4-1-8(2-5-10)13(15,16)17/h1-7,19H,18H2. The molecule has 0 aliphatic carbocycles. The first-order valence-corrected chi connectivity index (χ1v) is 6.15. The second kappa shape index (κ2) is 5.13. The smallest absolute Gasteiger partial charge is 0.399 e. The molecule has 0 aliphatic heterocycles. The molecule has 6 heteroatoms. The van der Waals surface area contributed by atoms with E-state index in [1.807, 2.05) is 0 Å². The monoisotopic (exact) mass is 330 g/mol. The number of nitrogens with two attached hydrogens (primary N) is 1. The average Bonchev–Trinajstić information content (AvgIpc) is 2.32. The van der Waals surface area contributed by atoms with Gasteiger partial charge in [-0.1, -0.05) is 0 Å². The number of nitrogens with one attached hydrogen (secondary N) is 1. The quantitative estimate of drug-likeness (QED) is 0.776. The molecule has 0 bridgehead atoms. The molecule has 2 aromatic carbocycles. The molecule has 0 atom stereocenters. The van der Waals surface area contributed by atoms with E-state index < -0.39 is 11.7 Å². The number of benzene rings is 2. The molecule has 19 heavy (non-hydrogen) atoms. The van der Waals surface area contributed by atoms with Gasteiger partial charge in [0.25, 0.3) is 0 Å². The predicted octanol–water partition coefficient (Wildman–Crippen LogP) is 4.79. The molecule has 2 nitrogen and oxygen atoms in total. The third-order valence-electron chi connectivity index (χ3n) is 2.48. The van der Waals surface area contributed by atoms with Crippen LogP contribution in [0.2, 0.25) is 0 Å². The van der Waals surface area contributed by atoms with E-state index in [2.05, 4.69) is 21.2 Å². The molecule has 0 fully saturated rings. The van der Waals surface area contributed by atoms with Crippen LogP contribution in [-0.2, 0) is 6.18 Å². The number of anilines is 3.